The summed E-state index contributed by atoms with van der Waals surface area (Å²) in [5.74, 6) is -2.46. The highest BCUT2D eigenvalue weighted by Gasteiger charge is 2.45. The summed E-state index contributed by atoms with van der Waals surface area (Å²) in [6.07, 6.45) is -2.56. The lowest BCUT2D eigenvalue weighted by Crippen LogP contribution is -2.54. The third-order valence-corrected chi connectivity index (χ3v) is 12.2. The number of alkyl halides is 3. The Kier molecular flexibility index (Phi) is 13.1. The van der Waals surface area contributed by atoms with Gasteiger partial charge in [0.05, 0.1) is 17.7 Å². The maximum absolute atomic E-state index is 13.5. The average Bonchev–Trinajstić information content (AvgIpc) is 3.74. The van der Waals surface area contributed by atoms with Gasteiger partial charge in [-0.25, -0.2) is 4.79 Å². The van der Waals surface area contributed by atoms with Crippen molar-refractivity contribution in [1.82, 2.24) is 34.8 Å². The Hall–Kier alpha value is -6.47. The number of halogens is 3. The van der Waals surface area contributed by atoms with Crippen molar-refractivity contribution in [3.05, 3.63) is 83.6 Å². The van der Waals surface area contributed by atoms with Crippen LogP contribution >= 0.6 is 0 Å². The van der Waals surface area contributed by atoms with E-state index in [0.29, 0.717) is 71.9 Å². The number of fused-ring (bicyclic) bond motifs is 2. The first-order valence-corrected chi connectivity index (χ1v) is 22.2. The van der Waals surface area contributed by atoms with E-state index in [1.54, 1.807) is 51.1 Å². The van der Waals surface area contributed by atoms with Crippen molar-refractivity contribution in [3.63, 3.8) is 0 Å². The molecule has 0 bridgehead atoms. The maximum Gasteiger partial charge on any atom is 0.573 e. The van der Waals surface area contributed by atoms with Crippen LogP contribution in [-0.4, -0.2) is 143 Å². The Morgan fingerprint density at radius 3 is 2.18 bits per heavy atom. The summed E-state index contributed by atoms with van der Waals surface area (Å²) in [5, 5.41) is 5.94. The fraction of sp³-hybridized carbons (Fsp3) is 0.447. The normalized spacial score (nSPS) is 18.8. The standard InChI is InChI=1S/C47H53F3N8O8/c1-46(2,3)66-45(64)51-15-4-16-57-28-37(31-6-9-33(10-7-31)65-47(48,49)50)35-25-30(5-12-38(35)57)27-53-17-19-54(20-18-53)29-41(60)56-23-21-55(22-24-56)32-8-11-34-36(26-32)44(63)58(43(34)62)39-13-14-40(59)52-42(39)61/h5-12,25-26,28,39H,4,13-24,27,29H2,1-3H3,(H,51,64)(H,52,59,61). The first-order chi connectivity index (χ1) is 31.4. The number of piperazine rings is 2. The molecule has 350 valence electrons. The van der Waals surface area contributed by atoms with Gasteiger partial charge in [0.2, 0.25) is 17.7 Å². The van der Waals surface area contributed by atoms with E-state index in [9.17, 15) is 41.9 Å². The Morgan fingerprint density at radius 1 is 0.803 bits per heavy atom. The van der Waals surface area contributed by atoms with Gasteiger partial charge in [0.1, 0.15) is 17.4 Å². The van der Waals surface area contributed by atoms with Crippen molar-refractivity contribution >= 4 is 52.2 Å². The third kappa shape index (κ3) is 10.6. The molecule has 5 heterocycles. The smallest absolute Gasteiger partial charge is 0.444 e. The lowest BCUT2D eigenvalue weighted by atomic mass is 10.0. The number of piperidine rings is 1. The number of aryl methyl sites for hydroxylation is 1. The van der Waals surface area contributed by atoms with Crippen LogP contribution in [0.4, 0.5) is 23.7 Å². The largest absolute Gasteiger partial charge is 0.573 e. The van der Waals surface area contributed by atoms with E-state index in [1.807, 2.05) is 17.2 Å². The van der Waals surface area contributed by atoms with Crippen molar-refractivity contribution in [2.24, 2.45) is 0 Å². The number of benzene rings is 3. The van der Waals surface area contributed by atoms with Crippen LogP contribution in [0.3, 0.4) is 0 Å². The molecule has 0 spiro atoms. The van der Waals surface area contributed by atoms with Gasteiger partial charge in [-0.05, 0) is 87.2 Å². The Labute approximate surface area is 379 Å². The summed E-state index contributed by atoms with van der Waals surface area (Å²) in [5.41, 5.74) is 4.17. The minimum atomic E-state index is -4.80. The Balaban J connectivity index is 0.843. The number of anilines is 1. The molecule has 8 rings (SSSR count). The van der Waals surface area contributed by atoms with Crippen molar-refractivity contribution < 1.29 is 51.4 Å². The van der Waals surface area contributed by atoms with Crippen molar-refractivity contribution in [1.29, 1.82) is 0 Å². The second kappa shape index (κ2) is 18.8. The molecule has 2 N–H and O–H groups in total. The number of amides is 6. The van der Waals surface area contributed by atoms with Crippen molar-refractivity contribution in [2.45, 2.75) is 71.1 Å². The minimum absolute atomic E-state index is 0.0406. The molecule has 0 radical (unpaired) electrons. The van der Waals surface area contributed by atoms with Gasteiger partial charge >= 0.3 is 12.5 Å². The molecule has 1 unspecified atom stereocenters. The predicted molar refractivity (Wildman–Crippen MR) is 237 cm³/mol. The number of alkyl carbamates (subject to hydrolysis) is 1. The number of hydrogen-bond donors (Lipinski definition) is 2. The monoisotopic (exact) mass is 914 g/mol. The fourth-order valence-corrected chi connectivity index (χ4v) is 8.97. The number of carbonyl (C=O) groups excluding carboxylic acids is 6. The highest BCUT2D eigenvalue weighted by Crippen LogP contribution is 2.35. The van der Waals surface area contributed by atoms with Crippen LogP contribution in [0.5, 0.6) is 5.75 Å². The topological polar surface area (TPSA) is 166 Å². The zero-order chi connectivity index (χ0) is 46.9. The molecule has 19 heteroatoms. The lowest BCUT2D eigenvalue weighted by molar-refractivity contribution is -0.274. The zero-order valence-electron chi connectivity index (χ0n) is 37.1. The average molecular weight is 915 g/mol. The summed E-state index contributed by atoms with van der Waals surface area (Å²) in [6, 6.07) is 16.1. The Bertz CT molecular complexity index is 2520. The van der Waals surface area contributed by atoms with E-state index in [-0.39, 0.29) is 35.6 Å². The van der Waals surface area contributed by atoms with E-state index in [1.165, 1.54) is 12.1 Å². The molecule has 0 saturated carbocycles. The molecular formula is C47H53F3N8O8. The molecule has 1 atom stereocenters. The van der Waals surface area contributed by atoms with E-state index in [2.05, 4.69) is 46.8 Å². The van der Waals surface area contributed by atoms with Gasteiger partial charge in [-0.3, -0.25) is 44.0 Å². The second-order valence-electron chi connectivity index (χ2n) is 18.0. The van der Waals surface area contributed by atoms with Crippen LogP contribution in [0.15, 0.2) is 66.9 Å². The number of hydrogen-bond acceptors (Lipinski definition) is 11. The first kappa shape index (κ1) is 46.1. The van der Waals surface area contributed by atoms with Crippen molar-refractivity contribution in [2.75, 3.05) is 70.3 Å². The molecule has 4 aromatic rings. The van der Waals surface area contributed by atoms with Gasteiger partial charge < -0.3 is 29.2 Å². The van der Waals surface area contributed by atoms with Gasteiger partial charge in [0.15, 0.2) is 0 Å². The fourth-order valence-electron chi connectivity index (χ4n) is 8.97. The van der Waals surface area contributed by atoms with Crippen LogP contribution in [0.1, 0.15) is 66.3 Å². The minimum Gasteiger partial charge on any atom is -0.444 e. The van der Waals surface area contributed by atoms with E-state index >= 15 is 0 Å². The summed E-state index contributed by atoms with van der Waals surface area (Å²) >= 11 is 0. The van der Waals surface area contributed by atoms with Gasteiger partial charge in [0.25, 0.3) is 11.8 Å². The quantitative estimate of drug-likeness (QED) is 0.145. The van der Waals surface area contributed by atoms with Crippen LogP contribution < -0.4 is 20.3 Å². The molecule has 16 nitrogen and oxygen atoms in total. The Morgan fingerprint density at radius 2 is 1.50 bits per heavy atom. The highest BCUT2D eigenvalue weighted by atomic mass is 19.4. The number of ether oxygens (including phenoxy) is 2. The summed E-state index contributed by atoms with van der Waals surface area (Å²) in [6.45, 7) is 12.3. The summed E-state index contributed by atoms with van der Waals surface area (Å²) in [4.78, 5) is 85.7. The maximum atomic E-state index is 13.5. The molecular weight excluding hydrogens is 862 g/mol. The second-order valence-corrected chi connectivity index (χ2v) is 18.0. The van der Waals surface area contributed by atoms with E-state index in [4.69, 9.17) is 4.74 Å². The van der Waals surface area contributed by atoms with Gasteiger partial charge in [-0.2, -0.15) is 0 Å². The number of nitrogens with one attached hydrogen (secondary N) is 2. The molecule has 4 aliphatic heterocycles. The number of imide groups is 2. The SMILES string of the molecule is CC(C)(C)OC(=O)NCCCn1cc(-c2ccc(OC(F)(F)F)cc2)c2cc(CN3CCN(CC(=O)N4CCN(c5ccc6c(c5)C(=O)N(C5CCC(=O)NC5=O)C6=O)CC4)CC3)ccc21. The molecule has 3 aromatic carbocycles. The number of nitrogens with zero attached hydrogens (tertiary/aromatic N) is 6. The van der Waals surface area contributed by atoms with Gasteiger partial charge in [0, 0.05) is 107 Å². The van der Waals surface area contributed by atoms with Gasteiger partial charge in [-0.15, -0.1) is 13.2 Å². The summed E-state index contributed by atoms with van der Waals surface area (Å²) < 4.78 is 50.2. The third-order valence-electron chi connectivity index (χ3n) is 12.2. The number of rotatable bonds is 12. The lowest BCUT2D eigenvalue weighted by Gasteiger charge is -2.38. The van der Waals surface area contributed by atoms with Crippen molar-refractivity contribution in [3.8, 4) is 16.9 Å². The van der Waals surface area contributed by atoms with Crippen LogP contribution in [0.2, 0.25) is 0 Å². The van der Waals surface area contributed by atoms with Crippen LogP contribution in [0.25, 0.3) is 22.0 Å². The summed E-state index contributed by atoms with van der Waals surface area (Å²) in [7, 11) is 0. The molecule has 66 heavy (non-hydrogen) atoms. The first-order valence-electron chi connectivity index (χ1n) is 22.2. The molecule has 4 aliphatic rings. The highest BCUT2D eigenvalue weighted by molar-refractivity contribution is 6.23. The number of aromatic nitrogens is 1. The van der Waals surface area contributed by atoms with Crippen LogP contribution in [-0.2, 0) is 32.2 Å². The zero-order valence-corrected chi connectivity index (χ0v) is 37.1. The molecule has 3 saturated heterocycles. The predicted octanol–water partition coefficient (Wildman–Crippen LogP) is 4.99. The molecule has 6 amide bonds. The molecule has 1 aromatic heterocycles. The van der Waals surface area contributed by atoms with E-state index in [0.717, 1.165) is 51.3 Å². The molecule has 0 aliphatic carbocycles. The molecule has 3 fully saturated rings. The van der Waals surface area contributed by atoms with Gasteiger partial charge in [-0.1, -0.05) is 18.2 Å². The number of carbonyl (C=O) groups is 6. The van der Waals surface area contributed by atoms with E-state index < -0.39 is 47.7 Å². The van der Waals surface area contributed by atoms with Crippen LogP contribution in [0, 0.1) is 0 Å².